The van der Waals surface area contributed by atoms with Gasteiger partial charge in [-0.3, -0.25) is 4.79 Å². The third-order valence-corrected chi connectivity index (χ3v) is 5.11. The number of benzene rings is 1. The topological polar surface area (TPSA) is 46.9 Å². The Morgan fingerprint density at radius 2 is 2.14 bits per heavy atom. The molecule has 22 heavy (non-hydrogen) atoms. The summed E-state index contributed by atoms with van der Waals surface area (Å²) < 4.78 is 3.17. The molecule has 0 aliphatic carbocycles. The first-order chi connectivity index (χ1) is 10.6. The largest absolute Gasteiger partial charge is 0.351 e. The summed E-state index contributed by atoms with van der Waals surface area (Å²) in [6, 6.07) is 11.8. The van der Waals surface area contributed by atoms with Crippen molar-refractivity contribution in [3.8, 4) is 0 Å². The summed E-state index contributed by atoms with van der Waals surface area (Å²) in [5.74, 6) is 0.998. The number of fused-ring (bicyclic) bond motifs is 1. The molecule has 0 radical (unpaired) electrons. The monoisotopic (exact) mass is 377 g/mol. The van der Waals surface area contributed by atoms with Gasteiger partial charge < -0.3 is 9.88 Å². The molecule has 1 aromatic carbocycles. The maximum Gasteiger partial charge on any atom is 0.261 e. The molecule has 0 atom stereocenters. The van der Waals surface area contributed by atoms with Crippen molar-refractivity contribution in [2.24, 2.45) is 0 Å². The van der Waals surface area contributed by atoms with Crippen LogP contribution < -0.4 is 5.32 Å². The van der Waals surface area contributed by atoms with Crippen LogP contribution in [0, 0.1) is 6.92 Å². The molecule has 1 N–H and O–H groups in total. The van der Waals surface area contributed by atoms with Crippen LogP contribution in [0.15, 0.2) is 40.2 Å². The molecule has 3 rings (SSSR count). The Labute approximate surface area is 141 Å². The van der Waals surface area contributed by atoms with Crippen LogP contribution in [-0.2, 0) is 6.54 Å². The molecule has 114 valence electrons. The molecule has 0 saturated carbocycles. The van der Waals surface area contributed by atoms with Crippen molar-refractivity contribution < 1.29 is 4.79 Å². The summed E-state index contributed by atoms with van der Waals surface area (Å²) in [4.78, 5) is 17.2. The summed E-state index contributed by atoms with van der Waals surface area (Å²) in [6.45, 7) is 3.52. The highest BCUT2D eigenvalue weighted by Crippen LogP contribution is 2.21. The third-order valence-electron chi connectivity index (χ3n) is 3.49. The van der Waals surface area contributed by atoms with Crippen molar-refractivity contribution in [2.45, 2.75) is 19.9 Å². The van der Waals surface area contributed by atoms with Crippen molar-refractivity contribution in [2.75, 3.05) is 6.54 Å². The van der Waals surface area contributed by atoms with Crippen LogP contribution in [0.4, 0.5) is 0 Å². The van der Waals surface area contributed by atoms with Crippen LogP contribution in [0.3, 0.4) is 0 Å². The summed E-state index contributed by atoms with van der Waals surface area (Å²) in [6.07, 6.45) is 0.874. The zero-order chi connectivity index (χ0) is 15.5. The van der Waals surface area contributed by atoms with E-state index in [0.717, 1.165) is 38.5 Å². The van der Waals surface area contributed by atoms with E-state index in [0.29, 0.717) is 6.54 Å². The van der Waals surface area contributed by atoms with Gasteiger partial charge in [0.1, 0.15) is 5.82 Å². The van der Waals surface area contributed by atoms with Gasteiger partial charge in [-0.2, -0.15) is 0 Å². The average molecular weight is 378 g/mol. The second-order valence-corrected chi connectivity index (χ2v) is 7.48. The number of carbonyl (C=O) groups excluding carboxylic acids is 1. The van der Waals surface area contributed by atoms with Crippen molar-refractivity contribution in [1.29, 1.82) is 0 Å². The van der Waals surface area contributed by atoms with E-state index < -0.39 is 0 Å². The minimum atomic E-state index is -0.0112. The van der Waals surface area contributed by atoms with Gasteiger partial charge in [0.15, 0.2) is 0 Å². The number of halogens is 1. The van der Waals surface area contributed by atoms with Crippen LogP contribution in [0.2, 0.25) is 0 Å². The van der Waals surface area contributed by atoms with Crippen molar-refractivity contribution in [1.82, 2.24) is 14.9 Å². The molecule has 2 heterocycles. The zero-order valence-electron chi connectivity index (χ0n) is 12.2. The number of aromatic nitrogens is 2. The molecular formula is C16H16BrN3OS. The van der Waals surface area contributed by atoms with E-state index in [1.807, 2.05) is 37.3 Å². The van der Waals surface area contributed by atoms with Gasteiger partial charge in [0.25, 0.3) is 5.91 Å². The Bertz CT molecular complexity index is 809. The lowest BCUT2D eigenvalue weighted by Gasteiger charge is -2.07. The average Bonchev–Trinajstić information content (AvgIpc) is 3.07. The van der Waals surface area contributed by atoms with Gasteiger partial charge in [-0.15, -0.1) is 11.3 Å². The summed E-state index contributed by atoms with van der Waals surface area (Å²) in [5, 5.41) is 2.96. The van der Waals surface area contributed by atoms with Crippen molar-refractivity contribution >= 4 is 44.2 Å². The van der Waals surface area contributed by atoms with E-state index in [4.69, 9.17) is 0 Å². The van der Waals surface area contributed by atoms with Gasteiger partial charge in [0.05, 0.1) is 19.7 Å². The van der Waals surface area contributed by atoms with Gasteiger partial charge in [-0.1, -0.05) is 12.1 Å². The molecule has 1 amide bonds. The Hall–Kier alpha value is -1.66. The number of imidazole rings is 1. The van der Waals surface area contributed by atoms with Crippen LogP contribution in [0.25, 0.3) is 11.0 Å². The maximum atomic E-state index is 12.0. The second kappa shape index (κ2) is 6.62. The van der Waals surface area contributed by atoms with E-state index in [1.54, 1.807) is 0 Å². The molecule has 0 saturated heterocycles. The number of para-hydroxylation sites is 2. The van der Waals surface area contributed by atoms with Crippen LogP contribution >= 0.6 is 27.3 Å². The van der Waals surface area contributed by atoms with Crippen LogP contribution in [0.5, 0.6) is 0 Å². The number of hydrogen-bond acceptors (Lipinski definition) is 3. The normalized spacial score (nSPS) is 11.0. The molecule has 6 heteroatoms. The molecule has 0 bridgehead atoms. The fraction of sp³-hybridized carbons (Fsp3) is 0.250. The quantitative estimate of drug-likeness (QED) is 0.683. The summed E-state index contributed by atoms with van der Waals surface area (Å²) in [7, 11) is 0. The minimum absolute atomic E-state index is 0.0112. The minimum Gasteiger partial charge on any atom is -0.351 e. The van der Waals surface area contributed by atoms with Crippen molar-refractivity contribution in [3.05, 3.63) is 50.9 Å². The number of rotatable bonds is 5. The Kier molecular flexibility index (Phi) is 4.59. The highest BCUT2D eigenvalue weighted by Gasteiger charge is 2.09. The number of nitrogens with zero attached hydrogens (tertiary/aromatic N) is 2. The molecular weight excluding hydrogens is 362 g/mol. The predicted molar refractivity (Wildman–Crippen MR) is 93.4 cm³/mol. The number of amides is 1. The molecule has 4 nitrogen and oxygen atoms in total. The SMILES string of the molecule is Cc1nc2ccccc2n1CCCNC(=O)c1ccc(Br)s1. The van der Waals surface area contributed by atoms with E-state index in [-0.39, 0.29) is 5.91 Å². The summed E-state index contributed by atoms with van der Waals surface area (Å²) >= 11 is 4.81. The molecule has 2 aromatic heterocycles. The van der Waals surface area contributed by atoms with Gasteiger partial charge in [0, 0.05) is 13.1 Å². The van der Waals surface area contributed by atoms with Crippen LogP contribution in [-0.4, -0.2) is 22.0 Å². The highest BCUT2D eigenvalue weighted by molar-refractivity contribution is 9.11. The number of carbonyl (C=O) groups is 1. The van der Waals surface area contributed by atoms with E-state index in [1.165, 1.54) is 11.3 Å². The van der Waals surface area contributed by atoms with Gasteiger partial charge in [-0.05, 0) is 53.5 Å². The standard InChI is InChI=1S/C16H16BrN3OS/c1-11-19-12-5-2-3-6-13(12)20(11)10-4-9-18-16(21)14-7-8-15(17)22-14/h2-3,5-8H,4,9-10H2,1H3,(H,18,21). The smallest absolute Gasteiger partial charge is 0.261 e. The Balaban J connectivity index is 1.56. The Morgan fingerprint density at radius 3 is 2.91 bits per heavy atom. The number of nitrogens with one attached hydrogen (secondary N) is 1. The second-order valence-electron chi connectivity index (χ2n) is 5.01. The van der Waals surface area contributed by atoms with E-state index in [2.05, 4.69) is 36.9 Å². The molecule has 0 unspecified atom stereocenters. The van der Waals surface area contributed by atoms with Gasteiger partial charge >= 0.3 is 0 Å². The molecule has 0 aliphatic heterocycles. The number of aryl methyl sites for hydroxylation is 2. The highest BCUT2D eigenvalue weighted by atomic mass is 79.9. The zero-order valence-corrected chi connectivity index (χ0v) is 14.6. The van der Waals surface area contributed by atoms with Crippen LogP contribution in [0.1, 0.15) is 21.9 Å². The summed E-state index contributed by atoms with van der Waals surface area (Å²) in [5.41, 5.74) is 2.17. The maximum absolute atomic E-state index is 12.0. The van der Waals surface area contributed by atoms with E-state index in [9.17, 15) is 4.79 Å². The molecule has 3 aromatic rings. The van der Waals surface area contributed by atoms with Gasteiger partial charge in [-0.25, -0.2) is 4.98 Å². The fourth-order valence-electron chi connectivity index (χ4n) is 2.44. The third kappa shape index (κ3) is 3.23. The Morgan fingerprint density at radius 1 is 1.32 bits per heavy atom. The predicted octanol–water partition coefficient (Wildman–Crippen LogP) is 3.99. The first-order valence-electron chi connectivity index (χ1n) is 7.10. The first kappa shape index (κ1) is 15.2. The van der Waals surface area contributed by atoms with E-state index >= 15 is 0 Å². The molecule has 0 aliphatic rings. The number of thiophene rings is 1. The molecule has 0 spiro atoms. The molecule has 0 fully saturated rings. The lowest BCUT2D eigenvalue weighted by molar-refractivity contribution is 0.0957. The van der Waals surface area contributed by atoms with Gasteiger partial charge in [0.2, 0.25) is 0 Å². The lowest BCUT2D eigenvalue weighted by Crippen LogP contribution is -2.24. The fourth-order valence-corrected chi connectivity index (χ4v) is 3.74. The number of hydrogen-bond donors (Lipinski definition) is 1. The lowest BCUT2D eigenvalue weighted by atomic mass is 10.3. The first-order valence-corrected chi connectivity index (χ1v) is 8.71. The van der Waals surface area contributed by atoms with Crippen molar-refractivity contribution in [3.63, 3.8) is 0 Å².